The van der Waals surface area contributed by atoms with Crippen LogP contribution in [0.3, 0.4) is 0 Å². The lowest BCUT2D eigenvalue weighted by Crippen LogP contribution is -2.58. The van der Waals surface area contributed by atoms with E-state index in [-0.39, 0.29) is 49.5 Å². The number of nitrogens with two attached hydrogens (primary N) is 2. The Morgan fingerprint density at radius 1 is 0.714 bits per heavy atom. The van der Waals surface area contributed by atoms with Crippen LogP contribution in [0, 0.1) is 5.92 Å². The molecule has 2 aromatic carbocycles. The van der Waals surface area contributed by atoms with Gasteiger partial charge in [0.25, 0.3) is 0 Å². The van der Waals surface area contributed by atoms with E-state index < -0.39 is 53.8 Å². The average molecular weight is 586 g/mol. The van der Waals surface area contributed by atoms with Crippen molar-refractivity contribution in [2.45, 2.75) is 70.1 Å². The first-order valence-electron chi connectivity index (χ1n) is 13.5. The van der Waals surface area contributed by atoms with Crippen LogP contribution in [0.5, 0.6) is 11.5 Å². The van der Waals surface area contributed by atoms with Crippen LogP contribution in [0.15, 0.2) is 48.5 Å². The third-order valence-electron chi connectivity index (χ3n) is 6.37. The van der Waals surface area contributed by atoms with Gasteiger partial charge in [0.1, 0.15) is 29.6 Å². The second kappa shape index (κ2) is 16.0. The number of primary amides is 1. The highest BCUT2D eigenvalue weighted by atomic mass is 16.4. The Hall–Kier alpha value is -4.65. The minimum absolute atomic E-state index is 0.00969. The number of phenolic OH excluding ortho intramolecular Hbond substituents is 2. The van der Waals surface area contributed by atoms with Gasteiger partial charge in [-0.2, -0.15) is 0 Å². The second-order valence-electron chi connectivity index (χ2n) is 10.5. The number of nitrogens with one attached hydrogen (secondary N) is 3. The summed E-state index contributed by atoms with van der Waals surface area (Å²) in [5.74, 6) is -4.24. The quantitative estimate of drug-likeness (QED) is 0.133. The van der Waals surface area contributed by atoms with Crippen molar-refractivity contribution in [1.82, 2.24) is 16.0 Å². The summed E-state index contributed by atoms with van der Waals surface area (Å²) in [5, 5.41) is 36.2. The number of aromatic hydroxyl groups is 2. The average Bonchev–Trinajstić information content (AvgIpc) is 2.91. The van der Waals surface area contributed by atoms with Crippen LogP contribution in [0.25, 0.3) is 0 Å². The monoisotopic (exact) mass is 585 g/mol. The van der Waals surface area contributed by atoms with Crippen molar-refractivity contribution in [2.24, 2.45) is 17.4 Å². The molecule has 0 aliphatic carbocycles. The maximum absolute atomic E-state index is 13.4. The smallest absolute Gasteiger partial charge is 0.326 e. The SMILES string of the molecule is CC(C)CC(NC(=O)C(Cc1ccc(O)cc1)NC(=O)C(CCC(N)=O)NC(=O)C(N)Cc1ccc(O)cc1)C(=O)O. The van der Waals surface area contributed by atoms with Gasteiger partial charge in [-0.3, -0.25) is 19.2 Å². The number of benzene rings is 2. The lowest BCUT2D eigenvalue weighted by Gasteiger charge is -2.25. The van der Waals surface area contributed by atoms with Gasteiger partial charge in [-0.1, -0.05) is 38.1 Å². The van der Waals surface area contributed by atoms with Crippen molar-refractivity contribution in [3.05, 3.63) is 59.7 Å². The fraction of sp³-hybridized carbons (Fsp3) is 0.414. The van der Waals surface area contributed by atoms with Gasteiger partial charge in [-0.15, -0.1) is 0 Å². The molecule has 0 fully saturated rings. The number of carbonyl (C=O) groups excluding carboxylic acids is 4. The van der Waals surface area contributed by atoms with Crippen LogP contribution in [-0.2, 0) is 36.8 Å². The second-order valence-corrected chi connectivity index (χ2v) is 10.5. The molecule has 4 atom stereocenters. The van der Waals surface area contributed by atoms with E-state index in [1.54, 1.807) is 38.1 Å². The third kappa shape index (κ3) is 11.5. The van der Waals surface area contributed by atoms with E-state index in [2.05, 4.69) is 16.0 Å². The van der Waals surface area contributed by atoms with E-state index in [1.165, 1.54) is 24.3 Å². The van der Waals surface area contributed by atoms with Gasteiger partial charge in [0.15, 0.2) is 0 Å². The Kier molecular flexibility index (Phi) is 12.8. The highest BCUT2D eigenvalue weighted by molar-refractivity contribution is 5.94. The van der Waals surface area contributed by atoms with E-state index in [0.717, 1.165) is 0 Å². The molecule has 4 amide bonds. The Morgan fingerprint density at radius 3 is 1.64 bits per heavy atom. The van der Waals surface area contributed by atoms with Crippen LogP contribution in [0.2, 0.25) is 0 Å². The van der Waals surface area contributed by atoms with Gasteiger partial charge in [0.2, 0.25) is 23.6 Å². The van der Waals surface area contributed by atoms with Gasteiger partial charge in [0, 0.05) is 12.8 Å². The first-order chi connectivity index (χ1) is 19.7. The standard InChI is InChI=1S/C29H39N5O8/c1-16(2)13-24(29(41)42)34-28(40)23(15-18-5-9-20(36)10-6-18)33-27(39)22(11-12-25(31)37)32-26(38)21(30)14-17-3-7-19(35)8-4-17/h3-10,16,21-24,35-36H,11-15,30H2,1-2H3,(H2,31,37)(H,32,38)(H,33,39)(H,34,40)(H,41,42). The van der Waals surface area contributed by atoms with Crippen molar-refractivity contribution in [2.75, 3.05) is 0 Å². The topological polar surface area (TPSA) is 234 Å². The molecule has 228 valence electrons. The molecule has 0 radical (unpaired) electrons. The van der Waals surface area contributed by atoms with Crippen LogP contribution < -0.4 is 27.4 Å². The molecule has 0 spiro atoms. The molecule has 13 heteroatoms. The molecule has 13 nitrogen and oxygen atoms in total. The zero-order chi connectivity index (χ0) is 31.4. The lowest BCUT2D eigenvalue weighted by atomic mass is 10.0. The first kappa shape index (κ1) is 33.6. The molecule has 0 heterocycles. The van der Waals surface area contributed by atoms with Crippen LogP contribution in [0.1, 0.15) is 44.2 Å². The number of amides is 4. The van der Waals surface area contributed by atoms with Gasteiger partial charge in [0.05, 0.1) is 6.04 Å². The van der Waals surface area contributed by atoms with Crippen molar-refractivity contribution in [3.63, 3.8) is 0 Å². The summed E-state index contributed by atoms with van der Waals surface area (Å²) >= 11 is 0. The summed E-state index contributed by atoms with van der Waals surface area (Å²) in [6.45, 7) is 3.60. The molecule has 2 aromatic rings. The van der Waals surface area contributed by atoms with E-state index in [0.29, 0.717) is 11.1 Å². The van der Waals surface area contributed by atoms with Gasteiger partial charge < -0.3 is 42.7 Å². The van der Waals surface area contributed by atoms with Gasteiger partial charge in [-0.05, 0) is 60.6 Å². The number of carbonyl (C=O) groups is 5. The molecule has 4 unspecified atom stereocenters. The Balaban J connectivity index is 2.24. The summed E-state index contributed by atoms with van der Waals surface area (Å²) in [7, 11) is 0. The van der Waals surface area contributed by atoms with Crippen molar-refractivity contribution < 1.29 is 39.3 Å². The minimum Gasteiger partial charge on any atom is -0.508 e. The predicted octanol–water partition coefficient (Wildman–Crippen LogP) is 0.0609. The number of carboxylic acids is 1. The van der Waals surface area contributed by atoms with Crippen LogP contribution in [-0.4, -0.2) is 69.1 Å². The van der Waals surface area contributed by atoms with Crippen molar-refractivity contribution >= 4 is 29.6 Å². The zero-order valence-corrected chi connectivity index (χ0v) is 23.6. The molecular weight excluding hydrogens is 546 g/mol. The zero-order valence-electron chi connectivity index (χ0n) is 23.6. The molecule has 0 saturated heterocycles. The molecular formula is C29H39N5O8. The van der Waals surface area contributed by atoms with Crippen molar-refractivity contribution in [3.8, 4) is 11.5 Å². The van der Waals surface area contributed by atoms with E-state index in [4.69, 9.17) is 11.5 Å². The molecule has 0 aliphatic rings. The number of hydrogen-bond acceptors (Lipinski definition) is 8. The first-order valence-corrected chi connectivity index (χ1v) is 13.5. The Labute approximate surface area is 243 Å². The summed E-state index contributed by atoms with van der Waals surface area (Å²) in [5.41, 5.74) is 12.5. The summed E-state index contributed by atoms with van der Waals surface area (Å²) in [4.78, 5) is 62.8. The van der Waals surface area contributed by atoms with Gasteiger partial charge >= 0.3 is 5.97 Å². The molecule has 0 aromatic heterocycles. The fourth-order valence-electron chi connectivity index (χ4n) is 4.13. The number of aliphatic carboxylic acids is 1. The normalized spacial score (nSPS) is 13.8. The number of carboxylic acid groups (broad SMARTS) is 1. The molecule has 0 bridgehead atoms. The molecule has 10 N–H and O–H groups in total. The summed E-state index contributed by atoms with van der Waals surface area (Å²) in [6.07, 6.45) is -0.262. The van der Waals surface area contributed by atoms with Gasteiger partial charge in [-0.25, -0.2) is 4.79 Å². The number of rotatable bonds is 16. The molecule has 2 rings (SSSR count). The lowest BCUT2D eigenvalue weighted by molar-refractivity contribution is -0.142. The molecule has 0 aliphatic heterocycles. The fourth-order valence-corrected chi connectivity index (χ4v) is 4.13. The van der Waals surface area contributed by atoms with Crippen molar-refractivity contribution in [1.29, 1.82) is 0 Å². The van der Waals surface area contributed by atoms with E-state index in [1.807, 2.05) is 0 Å². The maximum Gasteiger partial charge on any atom is 0.326 e. The van der Waals surface area contributed by atoms with E-state index >= 15 is 0 Å². The summed E-state index contributed by atoms with van der Waals surface area (Å²) in [6, 6.07) is 7.10. The van der Waals surface area contributed by atoms with E-state index in [9.17, 15) is 39.3 Å². The largest absolute Gasteiger partial charge is 0.508 e. The Bertz CT molecular complexity index is 1230. The Morgan fingerprint density at radius 2 is 1.17 bits per heavy atom. The summed E-state index contributed by atoms with van der Waals surface area (Å²) < 4.78 is 0. The van der Waals surface area contributed by atoms with Crippen LogP contribution in [0.4, 0.5) is 0 Å². The predicted molar refractivity (Wildman–Crippen MR) is 153 cm³/mol. The molecule has 42 heavy (non-hydrogen) atoms. The third-order valence-corrected chi connectivity index (χ3v) is 6.37. The number of hydrogen-bond donors (Lipinski definition) is 8. The number of phenols is 2. The highest BCUT2D eigenvalue weighted by Gasteiger charge is 2.31. The van der Waals surface area contributed by atoms with Crippen LogP contribution >= 0.6 is 0 Å². The highest BCUT2D eigenvalue weighted by Crippen LogP contribution is 2.14. The molecule has 0 saturated carbocycles. The minimum atomic E-state index is -1.29. The maximum atomic E-state index is 13.4.